The van der Waals surface area contributed by atoms with Crippen LogP contribution in [0.3, 0.4) is 0 Å². The number of piperidine rings is 1. The summed E-state index contributed by atoms with van der Waals surface area (Å²) in [5.74, 6) is 3.62. The molecule has 2 aliphatic heterocycles. The third-order valence-corrected chi connectivity index (χ3v) is 6.07. The van der Waals surface area contributed by atoms with Crippen LogP contribution in [0.5, 0.6) is 5.88 Å². The smallest absolute Gasteiger partial charge is 0.227 e. The monoisotopic (exact) mass is 343 g/mol. The molecule has 1 aromatic heterocycles. The number of nitrogens with zero attached hydrogens (tertiary/aromatic N) is 2. The number of carbonyl (C=O) groups excluding carboxylic acids is 1. The predicted molar refractivity (Wildman–Crippen MR) is 96.4 cm³/mol. The quantitative estimate of drug-likeness (QED) is 0.825. The van der Waals surface area contributed by atoms with Gasteiger partial charge in [0.1, 0.15) is 0 Å². The van der Waals surface area contributed by atoms with Crippen molar-refractivity contribution < 1.29 is 9.53 Å². The summed E-state index contributed by atoms with van der Waals surface area (Å²) >= 11 is 0. The maximum Gasteiger partial charge on any atom is 0.227 e. The molecular weight excluding hydrogens is 314 g/mol. The van der Waals surface area contributed by atoms with Crippen molar-refractivity contribution in [3.05, 3.63) is 23.9 Å². The number of pyridine rings is 1. The maximum absolute atomic E-state index is 12.0. The minimum Gasteiger partial charge on any atom is -0.478 e. The van der Waals surface area contributed by atoms with Crippen LogP contribution in [0, 0.1) is 17.8 Å². The molecule has 2 saturated heterocycles. The Bertz CT molecular complexity index is 579. The van der Waals surface area contributed by atoms with E-state index in [1.807, 2.05) is 17.0 Å². The Hall–Kier alpha value is -1.62. The van der Waals surface area contributed by atoms with Crippen molar-refractivity contribution in [2.45, 2.75) is 38.5 Å². The highest BCUT2D eigenvalue weighted by atomic mass is 16.5. The van der Waals surface area contributed by atoms with E-state index in [1.54, 1.807) is 6.20 Å². The van der Waals surface area contributed by atoms with Gasteiger partial charge in [0, 0.05) is 25.4 Å². The number of amides is 1. The van der Waals surface area contributed by atoms with Gasteiger partial charge in [-0.2, -0.15) is 0 Å². The van der Waals surface area contributed by atoms with Crippen molar-refractivity contribution in [1.29, 1.82) is 0 Å². The number of rotatable bonds is 7. The van der Waals surface area contributed by atoms with Crippen LogP contribution in [0.15, 0.2) is 18.3 Å². The molecule has 1 amide bonds. The fourth-order valence-corrected chi connectivity index (χ4v) is 4.22. The molecule has 1 aliphatic carbocycles. The average molecular weight is 343 g/mol. The molecule has 1 saturated carbocycles. The fraction of sp³-hybridized carbons (Fsp3) is 0.700. The zero-order valence-electron chi connectivity index (χ0n) is 15.0. The van der Waals surface area contributed by atoms with E-state index in [0.29, 0.717) is 12.3 Å². The van der Waals surface area contributed by atoms with Gasteiger partial charge in [0.2, 0.25) is 11.8 Å². The van der Waals surface area contributed by atoms with E-state index in [0.717, 1.165) is 55.9 Å². The van der Waals surface area contributed by atoms with Gasteiger partial charge in [0.15, 0.2) is 0 Å². The zero-order chi connectivity index (χ0) is 17.1. The second kappa shape index (κ2) is 7.73. The van der Waals surface area contributed by atoms with E-state index in [-0.39, 0.29) is 5.91 Å². The van der Waals surface area contributed by atoms with Crippen molar-refractivity contribution >= 4 is 5.91 Å². The summed E-state index contributed by atoms with van der Waals surface area (Å²) in [5, 5.41) is 3.45. The molecule has 1 aromatic rings. The van der Waals surface area contributed by atoms with Gasteiger partial charge in [-0.3, -0.25) is 4.79 Å². The zero-order valence-corrected chi connectivity index (χ0v) is 15.0. The molecule has 5 heteroatoms. The molecule has 4 rings (SSSR count). The lowest BCUT2D eigenvalue weighted by molar-refractivity contribution is -0.133. The van der Waals surface area contributed by atoms with Crippen molar-refractivity contribution in [2.75, 3.05) is 32.8 Å². The number of carbonyl (C=O) groups is 1. The molecule has 2 atom stereocenters. The number of hydrogen-bond acceptors (Lipinski definition) is 4. The fourth-order valence-electron chi connectivity index (χ4n) is 4.22. The van der Waals surface area contributed by atoms with Gasteiger partial charge < -0.3 is 15.0 Å². The summed E-state index contributed by atoms with van der Waals surface area (Å²) in [6.45, 7) is 4.97. The number of hydrogen-bond donors (Lipinski definition) is 1. The first-order chi connectivity index (χ1) is 12.3. The summed E-state index contributed by atoms with van der Waals surface area (Å²) in [5.41, 5.74) is 0.970. The van der Waals surface area contributed by atoms with Crippen LogP contribution in [0.4, 0.5) is 0 Å². The molecule has 0 spiro atoms. The molecule has 0 unspecified atom stereocenters. The largest absolute Gasteiger partial charge is 0.478 e. The maximum atomic E-state index is 12.0. The third-order valence-electron chi connectivity index (χ3n) is 6.07. The Morgan fingerprint density at radius 1 is 1.28 bits per heavy atom. The van der Waals surface area contributed by atoms with Gasteiger partial charge in [-0.1, -0.05) is 6.07 Å². The summed E-state index contributed by atoms with van der Waals surface area (Å²) < 4.78 is 5.81. The normalized spacial score (nSPS) is 26.2. The minimum atomic E-state index is 0.208. The minimum absolute atomic E-state index is 0.208. The molecule has 3 heterocycles. The van der Waals surface area contributed by atoms with E-state index in [4.69, 9.17) is 4.74 Å². The molecule has 3 aliphatic rings. The molecule has 1 N–H and O–H groups in total. The molecule has 0 aromatic carbocycles. The highest BCUT2D eigenvalue weighted by Gasteiger charge is 2.42. The summed E-state index contributed by atoms with van der Waals surface area (Å²) in [7, 11) is 0. The second-order valence-electron chi connectivity index (χ2n) is 7.80. The number of aromatic nitrogens is 1. The number of likely N-dealkylation sites (tertiary alicyclic amines) is 1. The van der Waals surface area contributed by atoms with Gasteiger partial charge in [-0.05, 0) is 68.5 Å². The second-order valence-corrected chi connectivity index (χ2v) is 7.80. The lowest BCUT2D eigenvalue weighted by atomic mass is 9.91. The predicted octanol–water partition coefficient (Wildman–Crippen LogP) is 2.26. The van der Waals surface area contributed by atoms with Gasteiger partial charge in [-0.15, -0.1) is 0 Å². The van der Waals surface area contributed by atoms with Crippen LogP contribution in [0.1, 0.15) is 37.7 Å². The Morgan fingerprint density at radius 2 is 2.12 bits per heavy atom. The van der Waals surface area contributed by atoms with E-state index >= 15 is 0 Å². The first kappa shape index (κ1) is 16.8. The highest BCUT2D eigenvalue weighted by Crippen LogP contribution is 2.49. The molecule has 5 nitrogen and oxygen atoms in total. The molecular formula is C20H29N3O2. The number of ether oxygens (including phenoxy) is 1. The lowest BCUT2D eigenvalue weighted by Crippen LogP contribution is -2.42. The summed E-state index contributed by atoms with van der Waals surface area (Å²) in [6, 6.07) is 3.87. The molecule has 0 radical (unpaired) electrons. The van der Waals surface area contributed by atoms with E-state index < -0.39 is 0 Å². The van der Waals surface area contributed by atoms with E-state index in [1.165, 1.54) is 32.4 Å². The van der Waals surface area contributed by atoms with Gasteiger partial charge in [0.05, 0.1) is 13.0 Å². The van der Waals surface area contributed by atoms with Crippen LogP contribution in [-0.2, 0) is 11.2 Å². The summed E-state index contributed by atoms with van der Waals surface area (Å²) in [6.07, 6.45) is 8.60. The molecule has 25 heavy (non-hydrogen) atoms. The highest BCUT2D eigenvalue weighted by molar-refractivity contribution is 5.79. The van der Waals surface area contributed by atoms with E-state index in [9.17, 15) is 4.79 Å². The number of nitrogens with one attached hydrogen (secondary N) is 1. The van der Waals surface area contributed by atoms with Gasteiger partial charge in [-0.25, -0.2) is 4.98 Å². The topological polar surface area (TPSA) is 54.5 Å². The molecule has 0 bridgehead atoms. The van der Waals surface area contributed by atoms with Crippen LogP contribution in [0.25, 0.3) is 0 Å². The molecule has 3 fully saturated rings. The third kappa shape index (κ3) is 4.32. The Kier molecular flexibility index (Phi) is 5.20. The van der Waals surface area contributed by atoms with Crippen molar-refractivity contribution in [3.63, 3.8) is 0 Å². The Labute approximate surface area is 150 Å². The first-order valence-electron chi connectivity index (χ1n) is 9.86. The summed E-state index contributed by atoms with van der Waals surface area (Å²) in [4.78, 5) is 18.2. The van der Waals surface area contributed by atoms with Crippen LogP contribution >= 0.6 is 0 Å². The van der Waals surface area contributed by atoms with Gasteiger partial charge in [0.25, 0.3) is 0 Å². The van der Waals surface area contributed by atoms with Crippen LogP contribution < -0.4 is 10.1 Å². The van der Waals surface area contributed by atoms with Crippen LogP contribution in [-0.4, -0.2) is 48.6 Å². The average Bonchev–Trinajstić information content (AvgIpc) is 3.35. The standard InChI is InChI=1S/C20H29N3O2/c24-20(23-9-1-10-23)12-15-2-3-19(22-14-15)25-11-6-17-13-18(17)16-4-7-21-8-5-16/h2-3,14,16-18,21H,1,4-13H2/t17-,18+/m1/s1. The lowest BCUT2D eigenvalue weighted by Gasteiger charge is -2.30. The Morgan fingerprint density at radius 3 is 2.80 bits per heavy atom. The van der Waals surface area contributed by atoms with Crippen molar-refractivity contribution in [1.82, 2.24) is 15.2 Å². The van der Waals surface area contributed by atoms with Crippen molar-refractivity contribution in [2.24, 2.45) is 17.8 Å². The van der Waals surface area contributed by atoms with E-state index in [2.05, 4.69) is 10.3 Å². The van der Waals surface area contributed by atoms with Crippen LogP contribution in [0.2, 0.25) is 0 Å². The Balaban J connectivity index is 1.16. The first-order valence-corrected chi connectivity index (χ1v) is 9.86. The SMILES string of the molecule is O=C(Cc1ccc(OCC[C@@H]2C[C@H]2C2CCNCC2)nc1)N1CCC1. The molecule has 136 valence electrons. The van der Waals surface area contributed by atoms with Gasteiger partial charge >= 0.3 is 0 Å². The van der Waals surface area contributed by atoms with Crippen molar-refractivity contribution in [3.8, 4) is 5.88 Å².